The van der Waals surface area contributed by atoms with E-state index in [1.165, 1.54) is 5.56 Å². The van der Waals surface area contributed by atoms with Crippen LogP contribution in [0.15, 0.2) is 36.5 Å². The molecule has 9 nitrogen and oxygen atoms in total. The molecule has 9 heteroatoms. The summed E-state index contributed by atoms with van der Waals surface area (Å²) in [5.74, 6) is -0.262. The lowest BCUT2D eigenvalue weighted by Gasteiger charge is -2.32. The van der Waals surface area contributed by atoms with Crippen LogP contribution in [0.2, 0.25) is 0 Å². The van der Waals surface area contributed by atoms with E-state index in [0.717, 1.165) is 50.5 Å². The summed E-state index contributed by atoms with van der Waals surface area (Å²) in [6.45, 7) is 12.8. The zero-order valence-corrected chi connectivity index (χ0v) is 22.7. The molecule has 202 valence electrons. The molecule has 0 bridgehead atoms. The molecule has 2 aromatic heterocycles. The second-order valence-corrected chi connectivity index (χ2v) is 11.0. The molecule has 2 fully saturated rings. The fraction of sp³-hybridized carbons (Fsp3) is 0.517. The van der Waals surface area contributed by atoms with Gasteiger partial charge in [-0.3, -0.25) is 14.5 Å². The number of piperidine rings is 1. The Labute approximate surface area is 223 Å². The van der Waals surface area contributed by atoms with Crippen molar-refractivity contribution >= 4 is 22.8 Å². The Morgan fingerprint density at radius 3 is 2.61 bits per heavy atom. The number of carbonyl (C=O) groups is 2. The van der Waals surface area contributed by atoms with Gasteiger partial charge in [-0.1, -0.05) is 31.2 Å². The molecule has 38 heavy (non-hydrogen) atoms. The monoisotopic (exact) mass is 518 g/mol. The smallest absolute Gasteiger partial charge is 0.252 e. The highest BCUT2D eigenvalue weighted by atomic mass is 16.5. The largest absolute Gasteiger partial charge is 0.379 e. The Balaban J connectivity index is 1.41. The van der Waals surface area contributed by atoms with E-state index in [-0.39, 0.29) is 35.7 Å². The van der Waals surface area contributed by atoms with Crippen LogP contribution in [0.3, 0.4) is 0 Å². The molecule has 1 aromatic carbocycles. The number of ether oxygens (including phenoxy) is 1. The predicted octanol–water partition coefficient (Wildman–Crippen LogP) is 3.40. The Morgan fingerprint density at radius 1 is 1.18 bits per heavy atom. The quantitative estimate of drug-likeness (QED) is 0.497. The Hall–Kier alpha value is -3.30. The molecule has 0 saturated carbocycles. The summed E-state index contributed by atoms with van der Waals surface area (Å²) >= 11 is 0. The summed E-state index contributed by atoms with van der Waals surface area (Å²) < 4.78 is 7.30. The van der Waals surface area contributed by atoms with Gasteiger partial charge >= 0.3 is 0 Å². The number of hydrogen-bond donors (Lipinski definition) is 2. The molecule has 0 aliphatic carbocycles. The molecule has 2 saturated heterocycles. The molecule has 4 heterocycles. The maximum Gasteiger partial charge on any atom is 0.252 e. The van der Waals surface area contributed by atoms with Gasteiger partial charge in [0.15, 0.2) is 5.65 Å². The topological polar surface area (TPSA) is 101 Å². The van der Waals surface area contributed by atoms with Gasteiger partial charge in [0.25, 0.3) is 5.91 Å². The number of nitrogens with zero attached hydrogens (tertiary/aromatic N) is 4. The van der Waals surface area contributed by atoms with Crippen molar-refractivity contribution in [2.24, 2.45) is 11.8 Å². The number of benzene rings is 1. The van der Waals surface area contributed by atoms with E-state index < -0.39 is 0 Å². The van der Waals surface area contributed by atoms with Crippen molar-refractivity contribution in [3.05, 3.63) is 47.7 Å². The van der Waals surface area contributed by atoms with E-state index in [1.807, 2.05) is 31.5 Å². The third kappa shape index (κ3) is 5.59. The SMILES string of the molecule is CC1CC(C)C(CNC(=O)c2cc(-c3ccc(CN4CCOCC4)cc3)nc3c2cnn3C(C)C)C(=O)N1. The molecule has 3 aromatic rings. The summed E-state index contributed by atoms with van der Waals surface area (Å²) in [6.07, 6.45) is 2.61. The van der Waals surface area contributed by atoms with Crippen LogP contribution in [0.25, 0.3) is 22.3 Å². The minimum Gasteiger partial charge on any atom is -0.379 e. The Bertz CT molecular complexity index is 1300. The van der Waals surface area contributed by atoms with Crippen molar-refractivity contribution in [1.29, 1.82) is 0 Å². The number of aromatic nitrogens is 3. The zero-order valence-electron chi connectivity index (χ0n) is 22.7. The summed E-state index contributed by atoms with van der Waals surface area (Å²) in [4.78, 5) is 33.4. The van der Waals surface area contributed by atoms with E-state index in [0.29, 0.717) is 23.1 Å². The molecule has 2 aliphatic heterocycles. The molecule has 0 spiro atoms. The van der Waals surface area contributed by atoms with Crippen LogP contribution in [0.1, 0.15) is 56.1 Å². The van der Waals surface area contributed by atoms with Crippen LogP contribution in [-0.4, -0.2) is 70.4 Å². The first kappa shape index (κ1) is 26.3. The standard InChI is InChI=1S/C29H38N6O3/c1-18(2)35-27-25(16-31-35)23(28(36)30-15-24-19(3)13-20(4)32-29(24)37)14-26(33-27)22-7-5-21(6-8-22)17-34-9-11-38-12-10-34/h5-8,14,16,18-20,24H,9-13,15,17H2,1-4H3,(H,30,36)(H,32,37). The molecular formula is C29H38N6O3. The molecule has 5 rings (SSSR count). The van der Waals surface area contributed by atoms with Crippen LogP contribution in [0.4, 0.5) is 0 Å². The maximum atomic E-state index is 13.5. The van der Waals surface area contributed by atoms with Crippen molar-refractivity contribution in [2.45, 2.75) is 52.7 Å². The minimum absolute atomic E-state index is 0.00177. The average molecular weight is 519 g/mol. The number of fused-ring (bicyclic) bond motifs is 1. The Morgan fingerprint density at radius 2 is 1.92 bits per heavy atom. The van der Waals surface area contributed by atoms with Crippen molar-refractivity contribution in [3.8, 4) is 11.3 Å². The first-order valence-electron chi connectivity index (χ1n) is 13.7. The van der Waals surface area contributed by atoms with E-state index >= 15 is 0 Å². The van der Waals surface area contributed by atoms with E-state index in [9.17, 15) is 9.59 Å². The van der Waals surface area contributed by atoms with Crippen LogP contribution in [0.5, 0.6) is 0 Å². The third-order valence-electron chi connectivity index (χ3n) is 7.68. The van der Waals surface area contributed by atoms with Gasteiger partial charge in [0.05, 0.1) is 42.0 Å². The van der Waals surface area contributed by atoms with Gasteiger partial charge in [-0.15, -0.1) is 0 Å². The first-order chi connectivity index (χ1) is 18.3. The van der Waals surface area contributed by atoms with E-state index in [4.69, 9.17) is 9.72 Å². The number of morpholine rings is 1. The number of carbonyl (C=O) groups excluding carboxylic acids is 2. The molecule has 0 radical (unpaired) electrons. The summed E-state index contributed by atoms with van der Waals surface area (Å²) in [7, 11) is 0. The number of hydrogen-bond acceptors (Lipinski definition) is 6. The van der Waals surface area contributed by atoms with E-state index in [2.05, 4.69) is 51.8 Å². The maximum absolute atomic E-state index is 13.5. The fourth-order valence-electron chi connectivity index (χ4n) is 5.51. The van der Waals surface area contributed by atoms with Gasteiger partial charge in [0.2, 0.25) is 5.91 Å². The predicted molar refractivity (Wildman–Crippen MR) is 147 cm³/mol. The molecular weight excluding hydrogens is 480 g/mol. The number of nitrogens with one attached hydrogen (secondary N) is 2. The lowest BCUT2D eigenvalue weighted by atomic mass is 9.84. The zero-order chi connectivity index (χ0) is 26.8. The third-order valence-corrected chi connectivity index (χ3v) is 7.68. The molecule has 3 unspecified atom stereocenters. The van der Waals surface area contributed by atoms with Crippen LogP contribution in [0, 0.1) is 11.8 Å². The van der Waals surface area contributed by atoms with Gasteiger partial charge in [0.1, 0.15) is 0 Å². The van der Waals surface area contributed by atoms with Crippen molar-refractivity contribution < 1.29 is 14.3 Å². The van der Waals surface area contributed by atoms with Crippen LogP contribution >= 0.6 is 0 Å². The van der Waals surface area contributed by atoms with Gasteiger partial charge < -0.3 is 15.4 Å². The summed E-state index contributed by atoms with van der Waals surface area (Å²) in [6, 6.07) is 10.5. The molecule has 2 aliphatic rings. The highest BCUT2D eigenvalue weighted by Gasteiger charge is 2.32. The first-order valence-corrected chi connectivity index (χ1v) is 13.7. The van der Waals surface area contributed by atoms with Crippen molar-refractivity contribution in [2.75, 3.05) is 32.8 Å². The minimum atomic E-state index is -0.246. The lowest BCUT2D eigenvalue weighted by Crippen LogP contribution is -2.50. The molecule has 3 atom stereocenters. The fourth-order valence-corrected chi connectivity index (χ4v) is 5.51. The molecule has 2 N–H and O–H groups in total. The second kappa shape index (κ2) is 11.2. The van der Waals surface area contributed by atoms with Gasteiger partial charge in [-0.25, -0.2) is 9.67 Å². The average Bonchev–Trinajstić information content (AvgIpc) is 3.33. The Kier molecular flexibility index (Phi) is 7.76. The number of rotatable bonds is 7. The van der Waals surface area contributed by atoms with Crippen molar-refractivity contribution in [1.82, 2.24) is 30.3 Å². The normalized spacial score (nSPS) is 22.6. The van der Waals surface area contributed by atoms with Gasteiger partial charge in [-0.05, 0) is 44.7 Å². The lowest BCUT2D eigenvalue weighted by molar-refractivity contribution is -0.129. The number of pyridine rings is 1. The van der Waals surface area contributed by atoms with Crippen LogP contribution < -0.4 is 10.6 Å². The van der Waals surface area contributed by atoms with Gasteiger partial charge in [0, 0.05) is 43.8 Å². The second-order valence-electron chi connectivity index (χ2n) is 11.0. The highest BCUT2D eigenvalue weighted by Crippen LogP contribution is 2.28. The van der Waals surface area contributed by atoms with Crippen LogP contribution in [-0.2, 0) is 16.1 Å². The summed E-state index contributed by atoms with van der Waals surface area (Å²) in [5.41, 5.74) is 4.10. The number of amides is 2. The van der Waals surface area contributed by atoms with Crippen molar-refractivity contribution in [3.63, 3.8) is 0 Å². The highest BCUT2D eigenvalue weighted by molar-refractivity contribution is 6.06. The van der Waals surface area contributed by atoms with E-state index in [1.54, 1.807) is 6.20 Å². The summed E-state index contributed by atoms with van der Waals surface area (Å²) in [5, 5.41) is 11.3. The van der Waals surface area contributed by atoms with Gasteiger partial charge in [-0.2, -0.15) is 5.10 Å². The molecule has 2 amide bonds.